The normalized spacial score (nSPS) is 16.1. The Morgan fingerprint density at radius 3 is 2.45 bits per heavy atom. The Morgan fingerprint density at radius 1 is 1.00 bits per heavy atom. The molecule has 33 heavy (non-hydrogen) atoms. The van der Waals surface area contributed by atoms with Gasteiger partial charge in [0.05, 0.1) is 0 Å². The summed E-state index contributed by atoms with van der Waals surface area (Å²) < 4.78 is 0. The first kappa shape index (κ1) is 23.8. The van der Waals surface area contributed by atoms with Gasteiger partial charge in [-0.15, -0.1) is 0 Å². The van der Waals surface area contributed by atoms with Crippen molar-refractivity contribution in [2.24, 2.45) is 0 Å². The second-order valence-corrected chi connectivity index (χ2v) is 9.69. The largest absolute Gasteiger partial charge is 0.380 e. The van der Waals surface area contributed by atoms with E-state index in [-0.39, 0.29) is 5.92 Å². The highest BCUT2D eigenvalue weighted by Crippen LogP contribution is 2.38. The molecule has 0 fully saturated rings. The predicted octanol–water partition coefficient (Wildman–Crippen LogP) is 5.90. The number of halogens is 2. The number of benzene rings is 2. The lowest BCUT2D eigenvalue weighted by Gasteiger charge is -2.33. The van der Waals surface area contributed by atoms with E-state index in [0.717, 1.165) is 54.7 Å². The molecule has 0 amide bonds. The summed E-state index contributed by atoms with van der Waals surface area (Å²) in [7, 11) is 2.08. The number of anilines is 3. The molecule has 5 nitrogen and oxygen atoms in total. The summed E-state index contributed by atoms with van der Waals surface area (Å²) in [6.45, 7) is 4.51. The second kappa shape index (κ2) is 10.3. The van der Waals surface area contributed by atoms with E-state index in [1.165, 1.54) is 6.42 Å². The minimum Gasteiger partial charge on any atom is -0.380 e. The predicted molar refractivity (Wildman–Crippen MR) is 138 cm³/mol. The van der Waals surface area contributed by atoms with Crippen LogP contribution >= 0.6 is 23.2 Å². The minimum absolute atomic E-state index is 0.149. The molecule has 1 unspecified atom stereocenters. The van der Waals surface area contributed by atoms with Crippen molar-refractivity contribution >= 4 is 40.3 Å². The van der Waals surface area contributed by atoms with Crippen LogP contribution < -0.4 is 21.5 Å². The van der Waals surface area contributed by atoms with Crippen LogP contribution in [0.3, 0.4) is 0 Å². The Morgan fingerprint density at radius 2 is 1.73 bits per heavy atom. The molecule has 0 radical (unpaired) electrons. The molecule has 0 aromatic heterocycles. The molecule has 0 saturated carbocycles. The molecule has 0 saturated heterocycles. The van der Waals surface area contributed by atoms with Crippen molar-refractivity contribution in [3.05, 3.63) is 83.6 Å². The van der Waals surface area contributed by atoms with E-state index in [1.807, 2.05) is 30.3 Å². The van der Waals surface area contributed by atoms with Crippen LogP contribution in [0.25, 0.3) is 0 Å². The fraction of sp³-hybridized carbons (Fsp3) is 0.385. The number of likely N-dealkylation sites (N-methyl/N-ethyl adjacent to an activating group) is 1. The van der Waals surface area contributed by atoms with E-state index in [4.69, 9.17) is 23.2 Å². The third-order valence-corrected chi connectivity index (χ3v) is 6.87. The Labute approximate surface area is 204 Å². The van der Waals surface area contributed by atoms with Gasteiger partial charge < -0.3 is 15.5 Å². The molecule has 0 aliphatic carbocycles. The van der Waals surface area contributed by atoms with E-state index in [9.17, 15) is 9.59 Å². The number of rotatable bonds is 9. The molecule has 4 rings (SSSR count). The third-order valence-electron chi connectivity index (χ3n) is 6.32. The lowest BCUT2D eigenvalue weighted by atomic mass is 9.84. The fourth-order valence-electron chi connectivity index (χ4n) is 4.52. The highest BCUT2D eigenvalue weighted by Gasteiger charge is 2.27. The van der Waals surface area contributed by atoms with Crippen LogP contribution in [0.5, 0.6) is 0 Å². The van der Waals surface area contributed by atoms with Crippen LogP contribution in [0.4, 0.5) is 17.1 Å². The van der Waals surface area contributed by atoms with Gasteiger partial charge in [0, 0.05) is 41.3 Å². The molecule has 0 bridgehead atoms. The minimum atomic E-state index is -0.470. The SMILES string of the molecule is CCCCCCNc1c(Nc2ccc(C3CN(C)Cc4c(Cl)cc(Cl)cc43)cc2)c(=O)c1=O. The number of fused-ring (bicyclic) bond motifs is 1. The number of hydrogen-bond donors (Lipinski definition) is 2. The lowest BCUT2D eigenvalue weighted by molar-refractivity contribution is 0.295. The average molecular weight is 486 g/mol. The number of nitrogens with one attached hydrogen (secondary N) is 2. The zero-order valence-electron chi connectivity index (χ0n) is 19.0. The van der Waals surface area contributed by atoms with Gasteiger partial charge in [0.1, 0.15) is 11.4 Å². The molecule has 174 valence electrons. The molecule has 3 aromatic rings. The molecule has 2 N–H and O–H groups in total. The average Bonchev–Trinajstić information content (AvgIpc) is 2.80. The maximum atomic E-state index is 12.1. The van der Waals surface area contributed by atoms with Gasteiger partial charge in [-0.1, -0.05) is 61.5 Å². The van der Waals surface area contributed by atoms with Gasteiger partial charge in [-0.25, -0.2) is 0 Å². The molecular formula is C26H29Cl2N3O2. The van der Waals surface area contributed by atoms with Crippen molar-refractivity contribution in [1.29, 1.82) is 0 Å². The quantitative estimate of drug-likeness (QED) is 0.291. The van der Waals surface area contributed by atoms with E-state index in [0.29, 0.717) is 28.0 Å². The van der Waals surface area contributed by atoms with Crippen molar-refractivity contribution in [1.82, 2.24) is 4.90 Å². The topological polar surface area (TPSA) is 61.4 Å². The summed E-state index contributed by atoms with van der Waals surface area (Å²) >= 11 is 12.8. The standard InChI is InChI=1S/C26H29Cl2N3O2/c1-3-4-5-6-11-29-23-24(26(33)25(23)32)30-18-9-7-16(8-10-18)20-14-31(2)15-21-19(20)12-17(27)13-22(21)28/h7-10,12-13,20,29-30H,3-6,11,14-15H2,1-2H3. The number of unbranched alkanes of at least 4 members (excludes halogenated alkanes) is 3. The second-order valence-electron chi connectivity index (χ2n) is 8.85. The van der Waals surface area contributed by atoms with Crippen LogP contribution in [0.1, 0.15) is 55.2 Å². The maximum absolute atomic E-state index is 12.1. The first-order valence-corrected chi connectivity index (χ1v) is 12.2. The van der Waals surface area contributed by atoms with Gasteiger partial charge in [0.2, 0.25) is 0 Å². The molecule has 0 spiro atoms. The van der Waals surface area contributed by atoms with Crippen LogP contribution in [0, 0.1) is 0 Å². The lowest BCUT2D eigenvalue weighted by Crippen LogP contribution is -2.36. The number of hydrogen-bond acceptors (Lipinski definition) is 5. The zero-order valence-corrected chi connectivity index (χ0v) is 20.5. The zero-order chi connectivity index (χ0) is 23.5. The molecule has 3 aromatic carbocycles. The smallest absolute Gasteiger partial charge is 0.253 e. The molecule has 1 aliphatic rings. The molecule has 1 heterocycles. The maximum Gasteiger partial charge on any atom is 0.253 e. The highest BCUT2D eigenvalue weighted by atomic mass is 35.5. The summed E-state index contributed by atoms with van der Waals surface area (Å²) in [5.41, 5.74) is 4.02. The van der Waals surface area contributed by atoms with Gasteiger partial charge in [0.15, 0.2) is 0 Å². The Kier molecular flexibility index (Phi) is 7.42. The van der Waals surface area contributed by atoms with Crippen LogP contribution in [-0.2, 0) is 6.54 Å². The van der Waals surface area contributed by atoms with Gasteiger partial charge in [-0.3, -0.25) is 9.59 Å². The van der Waals surface area contributed by atoms with Crippen molar-refractivity contribution in [2.75, 3.05) is 30.8 Å². The number of nitrogens with zero attached hydrogens (tertiary/aromatic N) is 1. The monoisotopic (exact) mass is 485 g/mol. The summed E-state index contributed by atoms with van der Waals surface area (Å²) in [4.78, 5) is 26.4. The first-order valence-electron chi connectivity index (χ1n) is 11.5. The van der Waals surface area contributed by atoms with Gasteiger partial charge in [-0.2, -0.15) is 0 Å². The molecule has 7 heteroatoms. The van der Waals surface area contributed by atoms with Crippen molar-refractivity contribution < 1.29 is 0 Å². The molecule has 1 aliphatic heterocycles. The van der Waals surface area contributed by atoms with Crippen LogP contribution in [-0.4, -0.2) is 25.0 Å². The van der Waals surface area contributed by atoms with Crippen molar-refractivity contribution in [3.8, 4) is 0 Å². The Hall–Kier alpha value is -2.34. The summed E-state index contributed by atoms with van der Waals surface area (Å²) in [6, 6.07) is 11.8. The molecular weight excluding hydrogens is 457 g/mol. The summed E-state index contributed by atoms with van der Waals surface area (Å²) in [6.07, 6.45) is 4.42. The summed E-state index contributed by atoms with van der Waals surface area (Å²) in [5, 5.41) is 7.60. The van der Waals surface area contributed by atoms with Crippen LogP contribution in [0.2, 0.25) is 10.0 Å². The Balaban J connectivity index is 1.49. The van der Waals surface area contributed by atoms with E-state index in [2.05, 4.69) is 29.5 Å². The van der Waals surface area contributed by atoms with Crippen molar-refractivity contribution in [2.45, 2.75) is 45.1 Å². The fourth-order valence-corrected chi connectivity index (χ4v) is 5.09. The van der Waals surface area contributed by atoms with E-state index < -0.39 is 10.9 Å². The summed E-state index contributed by atoms with van der Waals surface area (Å²) in [5.74, 6) is 0.149. The van der Waals surface area contributed by atoms with Gasteiger partial charge in [0.25, 0.3) is 10.9 Å². The van der Waals surface area contributed by atoms with Crippen LogP contribution in [0.15, 0.2) is 46.0 Å². The molecule has 1 atom stereocenters. The van der Waals surface area contributed by atoms with Crippen molar-refractivity contribution in [3.63, 3.8) is 0 Å². The first-order chi connectivity index (χ1) is 15.9. The Bertz CT molecular complexity index is 1200. The third kappa shape index (κ3) is 5.11. The van der Waals surface area contributed by atoms with Gasteiger partial charge in [-0.05, 0) is 54.4 Å². The van der Waals surface area contributed by atoms with E-state index >= 15 is 0 Å². The van der Waals surface area contributed by atoms with Gasteiger partial charge >= 0.3 is 0 Å². The van der Waals surface area contributed by atoms with E-state index in [1.54, 1.807) is 6.07 Å². The highest BCUT2D eigenvalue weighted by molar-refractivity contribution is 6.35.